The van der Waals surface area contributed by atoms with Crippen LogP contribution < -0.4 is 5.32 Å². The Balaban J connectivity index is 1.35. The highest BCUT2D eigenvalue weighted by Crippen LogP contribution is 2.31. The van der Waals surface area contributed by atoms with Gasteiger partial charge < -0.3 is 5.32 Å². The zero-order chi connectivity index (χ0) is 25.1. The van der Waals surface area contributed by atoms with Crippen LogP contribution in [0.5, 0.6) is 0 Å². The number of aryl methyl sites for hydroxylation is 1. The van der Waals surface area contributed by atoms with Crippen LogP contribution in [0.25, 0.3) is 17.0 Å². The molecule has 0 saturated carbocycles. The quantitative estimate of drug-likeness (QED) is 0.360. The molecular weight excluding hydrogens is 470 g/mol. The average molecular weight is 496 g/mol. The third-order valence-electron chi connectivity index (χ3n) is 6.53. The first-order valence-electron chi connectivity index (χ1n) is 11.9. The molecule has 0 saturated heterocycles. The molecule has 0 atom stereocenters. The van der Waals surface area contributed by atoms with Crippen LogP contribution in [0.1, 0.15) is 33.5 Å². The fraction of sp³-hybridized carbons (Fsp3) is 0.207. The molecule has 0 radical (unpaired) electrons. The number of benzene rings is 2. The Morgan fingerprint density at radius 1 is 1.19 bits per heavy atom. The largest absolute Gasteiger partial charge is 0.333 e. The van der Waals surface area contributed by atoms with E-state index in [2.05, 4.69) is 52.5 Å². The van der Waals surface area contributed by atoms with Gasteiger partial charge in [0, 0.05) is 49.9 Å². The van der Waals surface area contributed by atoms with Crippen molar-refractivity contribution in [2.75, 3.05) is 13.1 Å². The molecule has 36 heavy (non-hydrogen) atoms. The number of nitrogens with one attached hydrogen (secondary N) is 1. The molecule has 5 rings (SSSR count). The summed E-state index contributed by atoms with van der Waals surface area (Å²) in [5.41, 5.74) is 7.05. The molecule has 0 spiro atoms. The molecule has 6 nitrogen and oxygen atoms in total. The number of amides is 1. The zero-order valence-electron chi connectivity index (χ0n) is 20.0. The van der Waals surface area contributed by atoms with E-state index in [4.69, 9.17) is 16.9 Å². The number of hydrogen-bond donors (Lipinski definition) is 1. The van der Waals surface area contributed by atoms with Gasteiger partial charge in [-0.05, 0) is 60.0 Å². The third-order valence-corrected chi connectivity index (χ3v) is 6.74. The minimum atomic E-state index is -0.132. The molecule has 0 fully saturated rings. The van der Waals surface area contributed by atoms with Crippen LogP contribution in [-0.2, 0) is 19.5 Å². The SMILES string of the molecule is Cc1ccc2c(c1)c1c(n2C(=O)NCc2ccnc(Cl)c2)CCN(C/C=C/c2ccc(C#N)cc2)C1. The van der Waals surface area contributed by atoms with Gasteiger partial charge in [-0.1, -0.05) is 47.5 Å². The van der Waals surface area contributed by atoms with Crippen molar-refractivity contribution in [1.29, 1.82) is 5.26 Å². The Morgan fingerprint density at radius 2 is 2.03 bits per heavy atom. The summed E-state index contributed by atoms with van der Waals surface area (Å²) in [6.45, 7) is 4.93. The van der Waals surface area contributed by atoms with Crippen molar-refractivity contribution in [3.63, 3.8) is 0 Å². The van der Waals surface area contributed by atoms with Crippen molar-refractivity contribution >= 4 is 34.6 Å². The molecule has 0 bridgehead atoms. The molecule has 7 heteroatoms. The predicted octanol–water partition coefficient (Wildman–Crippen LogP) is 5.70. The van der Waals surface area contributed by atoms with Crippen molar-refractivity contribution in [2.45, 2.75) is 26.4 Å². The first-order chi connectivity index (χ1) is 17.5. The lowest BCUT2D eigenvalue weighted by molar-refractivity contribution is 0.240. The Bertz CT molecular complexity index is 1500. The topological polar surface area (TPSA) is 74.0 Å². The van der Waals surface area contributed by atoms with Gasteiger partial charge in [0.2, 0.25) is 0 Å². The monoisotopic (exact) mass is 495 g/mol. The van der Waals surface area contributed by atoms with Crippen LogP contribution in [0.3, 0.4) is 0 Å². The van der Waals surface area contributed by atoms with Gasteiger partial charge in [0.15, 0.2) is 0 Å². The minimum absolute atomic E-state index is 0.132. The summed E-state index contributed by atoms with van der Waals surface area (Å²) in [7, 11) is 0. The molecule has 180 valence electrons. The molecule has 1 amide bonds. The number of halogens is 1. The fourth-order valence-corrected chi connectivity index (χ4v) is 4.93. The van der Waals surface area contributed by atoms with Crippen molar-refractivity contribution in [1.82, 2.24) is 19.8 Å². The Morgan fingerprint density at radius 3 is 2.81 bits per heavy atom. The molecule has 2 aromatic heterocycles. The van der Waals surface area contributed by atoms with Gasteiger partial charge >= 0.3 is 6.03 Å². The number of aromatic nitrogens is 2. The van der Waals surface area contributed by atoms with E-state index in [1.807, 2.05) is 41.0 Å². The summed E-state index contributed by atoms with van der Waals surface area (Å²) >= 11 is 5.99. The summed E-state index contributed by atoms with van der Waals surface area (Å²) in [5, 5.41) is 13.6. The highest BCUT2D eigenvalue weighted by atomic mass is 35.5. The number of carbonyl (C=O) groups excluding carboxylic acids is 1. The van der Waals surface area contributed by atoms with Gasteiger partial charge in [0.25, 0.3) is 0 Å². The highest BCUT2D eigenvalue weighted by Gasteiger charge is 2.26. The average Bonchev–Trinajstić information content (AvgIpc) is 3.21. The number of rotatable bonds is 5. The van der Waals surface area contributed by atoms with Crippen molar-refractivity contribution < 1.29 is 4.79 Å². The number of pyridine rings is 1. The summed E-state index contributed by atoms with van der Waals surface area (Å²) in [4.78, 5) is 19.7. The maximum absolute atomic E-state index is 13.3. The molecule has 1 N–H and O–H groups in total. The summed E-state index contributed by atoms with van der Waals surface area (Å²) in [6, 6.07) is 19.5. The van der Waals surface area contributed by atoms with Gasteiger partial charge in [-0.25, -0.2) is 9.78 Å². The second-order valence-electron chi connectivity index (χ2n) is 9.05. The van der Waals surface area contributed by atoms with Crippen LogP contribution in [0.4, 0.5) is 4.79 Å². The molecule has 1 aliphatic rings. The van der Waals surface area contributed by atoms with E-state index in [9.17, 15) is 4.79 Å². The van der Waals surface area contributed by atoms with Crippen LogP contribution in [-0.4, -0.2) is 33.6 Å². The Kier molecular flexibility index (Phi) is 6.86. The molecule has 1 aliphatic heterocycles. The second-order valence-corrected chi connectivity index (χ2v) is 9.44. The Labute approximate surface area is 215 Å². The number of carbonyl (C=O) groups is 1. The second kappa shape index (κ2) is 10.4. The minimum Gasteiger partial charge on any atom is -0.333 e. The van der Waals surface area contributed by atoms with Crippen molar-refractivity contribution in [3.05, 3.63) is 106 Å². The highest BCUT2D eigenvalue weighted by molar-refractivity contribution is 6.29. The van der Waals surface area contributed by atoms with Crippen molar-refractivity contribution in [2.24, 2.45) is 0 Å². The van der Waals surface area contributed by atoms with Crippen LogP contribution >= 0.6 is 11.6 Å². The lowest BCUT2D eigenvalue weighted by Crippen LogP contribution is -2.34. The molecule has 0 aliphatic carbocycles. The standard InChI is InChI=1S/C29H26ClN5O/c1-20-4-9-26-24(15-20)25-19-34(13-2-3-21-5-7-22(17-31)8-6-21)14-11-27(25)35(26)29(36)33-18-23-10-12-32-28(30)16-23/h2-10,12,15-16H,11,13-14,18-19H2,1H3,(H,33,36)/b3-2+. The van der Waals surface area contributed by atoms with Crippen LogP contribution in [0.2, 0.25) is 5.15 Å². The van der Waals surface area contributed by atoms with E-state index in [-0.39, 0.29) is 6.03 Å². The van der Waals surface area contributed by atoms with E-state index in [0.29, 0.717) is 17.3 Å². The molecule has 0 unspecified atom stereocenters. The number of nitrogens with zero attached hydrogens (tertiary/aromatic N) is 4. The summed E-state index contributed by atoms with van der Waals surface area (Å²) < 4.78 is 1.84. The van der Waals surface area contributed by atoms with E-state index in [1.54, 1.807) is 12.3 Å². The number of nitriles is 1. The predicted molar refractivity (Wildman–Crippen MR) is 143 cm³/mol. The maximum atomic E-state index is 13.3. The van der Waals surface area contributed by atoms with Crippen LogP contribution in [0.15, 0.2) is 66.9 Å². The van der Waals surface area contributed by atoms with E-state index < -0.39 is 0 Å². The first kappa shape index (κ1) is 23.8. The molecule has 2 aromatic carbocycles. The number of hydrogen-bond acceptors (Lipinski definition) is 4. The lowest BCUT2D eigenvalue weighted by Gasteiger charge is -2.27. The summed E-state index contributed by atoms with van der Waals surface area (Å²) in [6.07, 6.45) is 6.68. The van der Waals surface area contributed by atoms with E-state index in [0.717, 1.165) is 53.8 Å². The van der Waals surface area contributed by atoms with Gasteiger partial charge in [0.05, 0.1) is 17.1 Å². The van der Waals surface area contributed by atoms with Crippen molar-refractivity contribution in [3.8, 4) is 6.07 Å². The lowest BCUT2D eigenvalue weighted by atomic mass is 10.0. The molecule has 3 heterocycles. The summed E-state index contributed by atoms with van der Waals surface area (Å²) in [5.74, 6) is 0. The zero-order valence-corrected chi connectivity index (χ0v) is 20.8. The van der Waals surface area contributed by atoms with Gasteiger partial charge in [-0.15, -0.1) is 0 Å². The van der Waals surface area contributed by atoms with Crippen LogP contribution in [0, 0.1) is 18.3 Å². The first-order valence-corrected chi connectivity index (χ1v) is 12.3. The smallest absolute Gasteiger partial charge is 0.326 e. The van der Waals surface area contributed by atoms with E-state index in [1.165, 1.54) is 11.1 Å². The molecular formula is C29H26ClN5O. The normalized spacial score (nSPS) is 13.6. The van der Waals surface area contributed by atoms with Gasteiger partial charge in [-0.3, -0.25) is 9.47 Å². The van der Waals surface area contributed by atoms with E-state index >= 15 is 0 Å². The molecule has 4 aromatic rings. The Hall–Kier alpha value is -3.92. The van der Waals surface area contributed by atoms with Gasteiger partial charge in [-0.2, -0.15) is 5.26 Å². The number of fused-ring (bicyclic) bond motifs is 3. The third kappa shape index (κ3) is 5.03. The maximum Gasteiger partial charge on any atom is 0.326 e. The fourth-order valence-electron chi connectivity index (χ4n) is 4.73. The van der Waals surface area contributed by atoms with Gasteiger partial charge in [0.1, 0.15) is 5.15 Å².